The van der Waals surface area contributed by atoms with Crippen LogP contribution < -0.4 is 14.2 Å². The number of likely N-dealkylation sites (tertiary alicyclic amines) is 1. The van der Waals surface area contributed by atoms with Crippen molar-refractivity contribution >= 4 is 0 Å². The van der Waals surface area contributed by atoms with Crippen LogP contribution in [0, 0.1) is 45.3 Å². The maximum Gasteiger partial charge on any atom is 0.165 e. The Bertz CT molecular complexity index is 1990. The zero-order valence-electron chi connectivity index (χ0n) is 36.1. The molecule has 2 aliphatic heterocycles. The van der Waals surface area contributed by atoms with Gasteiger partial charge in [0.05, 0.1) is 19.3 Å². The van der Waals surface area contributed by atoms with Gasteiger partial charge in [0.15, 0.2) is 23.0 Å². The highest BCUT2D eigenvalue weighted by molar-refractivity contribution is 5.65. The van der Waals surface area contributed by atoms with E-state index in [1.807, 2.05) is 6.07 Å². The van der Waals surface area contributed by atoms with Crippen molar-refractivity contribution in [3.63, 3.8) is 0 Å². The first-order valence-corrected chi connectivity index (χ1v) is 22.9. The van der Waals surface area contributed by atoms with Crippen LogP contribution in [0.3, 0.4) is 0 Å². The summed E-state index contributed by atoms with van der Waals surface area (Å²) in [6, 6.07) is 9.06. The number of benzene rings is 2. The molecule has 57 heavy (non-hydrogen) atoms. The van der Waals surface area contributed by atoms with Crippen LogP contribution in [0.2, 0.25) is 0 Å². The van der Waals surface area contributed by atoms with Gasteiger partial charge in [-0.25, -0.2) is 0 Å². The van der Waals surface area contributed by atoms with Gasteiger partial charge in [-0.1, -0.05) is 53.7 Å². The minimum atomic E-state index is -1.00. The standard InChI is InChI=1S/C50H69NO6/c1-44(2,3)34-25-47-17-15-30-11-13-35(41(52)39(30)33(47)23-31(34)16-18-47)55-21-22-56-50-28-48(26-37(50)46(7,53)45(4,5)6)38-24-32-12-14-36(54-8)42-40(32)49(48,43(50)57-42)19-20-51(38)27-29-9-10-29/h11-14,29,31,33-34,37-38,43,52-53H,9-10,15-28H2,1-8H3/t31?,33?,34?,37-,38-,43+,46+,47-,48+,49?,50+/m1/s1. The van der Waals surface area contributed by atoms with Crippen molar-refractivity contribution in [1.82, 2.24) is 4.90 Å². The SMILES string of the molecule is COc1ccc2c3c1O[C@H]1C34CCN(CC3CC3)[C@H](C2)[C@@]42C[C@H]([C@](C)(O)C(C)(C)C)[C@@]1(OCCOc1ccc3c(c1O)C1CC4CC[C@]1(CC3)CC4C(C)(C)C)C2. The first kappa shape index (κ1) is 37.5. The van der Waals surface area contributed by atoms with E-state index < -0.39 is 11.2 Å². The number of fused-ring (bicyclic) bond motifs is 5. The van der Waals surface area contributed by atoms with E-state index in [0.29, 0.717) is 47.5 Å². The molecule has 10 aliphatic rings. The molecule has 12 rings (SSSR count). The quantitative estimate of drug-likeness (QED) is 0.246. The van der Waals surface area contributed by atoms with Crippen molar-refractivity contribution in [3.8, 4) is 23.0 Å². The van der Waals surface area contributed by atoms with E-state index in [4.69, 9.17) is 18.9 Å². The molecule has 2 N–H and O–H groups in total. The molecule has 7 fully saturated rings. The Morgan fingerprint density at radius 1 is 0.912 bits per heavy atom. The Morgan fingerprint density at radius 2 is 1.68 bits per heavy atom. The Kier molecular flexibility index (Phi) is 7.81. The summed E-state index contributed by atoms with van der Waals surface area (Å²) in [5.74, 6) is 5.27. The third-order valence-corrected chi connectivity index (χ3v) is 19.1. The van der Waals surface area contributed by atoms with Gasteiger partial charge in [-0.2, -0.15) is 0 Å². The summed E-state index contributed by atoms with van der Waals surface area (Å²) in [4.78, 5) is 2.85. The number of hydrogen-bond donors (Lipinski definition) is 2. The van der Waals surface area contributed by atoms with Gasteiger partial charge in [-0.05, 0) is 154 Å². The van der Waals surface area contributed by atoms with E-state index in [1.54, 1.807) is 7.11 Å². The molecule has 2 heterocycles. The third-order valence-electron chi connectivity index (χ3n) is 19.1. The predicted molar refractivity (Wildman–Crippen MR) is 221 cm³/mol. The zero-order chi connectivity index (χ0) is 39.7. The molecule has 11 atom stereocenters. The number of methoxy groups -OCH3 is 1. The highest BCUT2D eigenvalue weighted by Gasteiger charge is 2.86. The molecule has 3 spiro atoms. The van der Waals surface area contributed by atoms with Crippen LogP contribution in [0.25, 0.3) is 0 Å². The molecule has 0 amide bonds. The molecular formula is C50H69NO6. The zero-order valence-corrected chi connectivity index (χ0v) is 36.1. The lowest BCUT2D eigenvalue weighted by Gasteiger charge is -2.63. The minimum Gasteiger partial charge on any atom is -0.504 e. The summed E-state index contributed by atoms with van der Waals surface area (Å²) in [5.41, 5.74) is 3.56. The van der Waals surface area contributed by atoms with Crippen LogP contribution in [-0.2, 0) is 23.0 Å². The van der Waals surface area contributed by atoms with Gasteiger partial charge in [-0.3, -0.25) is 4.90 Å². The van der Waals surface area contributed by atoms with Gasteiger partial charge in [-0.15, -0.1) is 0 Å². The molecule has 7 heteroatoms. The Hall–Kier alpha value is -2.48. The molecule has 4 unspecified atom stereocenters. The fourth-order valence-electron chi connectivity index (χ4n) is 15.9. The molecule has 2 aromatic carbocycles. The first-order valence-electron chi connectivity index (χ1n) is 22.9. The third kappa shape index (κ3) is 4.77. The monoisotopic (exact) mass is 780 g/mol. The van der Waals surface area contributed by atoms with Gasteiger partial charge in [0.2, 0.25) is 0 Å². The van der Waals surface area contributed by atoms with Crippen molar-refractivity contribution in [1.29, 1.82) is 0 Å². The van der Waals surface area contributed by atoms with Crippen LogP contribution >= 0.6 is 0 Å². The van der Waals surface area contributed by atoms with E-state index in [2.05, 4.69) is 71.6 Å². The second-order valence-corrected chi connectivity index (χ2v) is 23.3. The number of hydrogen-bond acceptors (Lipinski definition) is 7. The molecule has 8 aliphatic carbocycles. The fourth-order valence-corrected chi connectivity index (χ4v) is 15.9. The average molecular weight is 780 g/mol. The van der Waals surface area contributed by atoms with E-state index in [0.717, 1.165) is 67.9 Å². The molecule has 2 aromatic rings. The van der Waals surface area contributed by atoms with Crippen LogP contribution in [0.4, 0.5) is 0 Å². The summed E-state index contributed by atoms with van der Waals surface area (Å²) in [6.07, 6.45) is 13.7. The number of phenolic OH excluding ortho intramolecular Hbond substituents is 1. The Labute approximate surface area is 341 Å². The van der Waals surface area contributed by atoms with Crippen molar-refractivity contribution in [2.45, 2.75) is 160 Å². The van der Waals surface area contributed by atoms with Gasteiger partial charge in [0.25, 0.3) is 0 Å². The molecule has 1 saturated heterocycles. The summed E-state index contributed by atoms with van der Waals surface area (Å²) >= 11 is 0. The van der Waals surface area contributed by atoms with Crippen molar-refractivity contribution in [3.05, 3.63) is 46.5 Å². The summed E-state index contributed by atoms with van der Waals surface area (Å²) in [6.45, 7) is 18.9. The number of ether oxygens (including phenoxy) is 4. The normalized spacial score (nSPS) is 40.6. The highest BCUT2D eigenvalue weighted by Crippen LogP contribution is 2.81. The van der Waals surface area contributed by atoms with Gasteiger partial charge < -0.3 is 29.2 Å². The van der Waals surface area contributed by atoms with Gasteiger partial charge in [0, 0.05) is 40.5 Å². The Morgan fingerprint density at radius 3 is 2.42 bits per heavy atom. The lowest BCUT2D eigenvalue weighted by atomic mass is 9.44. The number of aromatic hydroxyl groups is 1. The highest BCUT2D eigenvalue weighted by atomic mass is 16.6. The van der Waals surface area contributed by atoms with Gasteiger partial charge in [0.1, 0.15) is 18.3 Å². The molecule has 6 bridgehead atoms. The molecule has 310 valence electrons. The van der Waals surface area contributed by atoms with Crippen LogP contribution in [0.5, 0.6) is 23.0 Å². The topological polar surface area (TPSA) is 80.6 Å². The second-order valence-electron chi connectivity index (χ2n) is 23.3. The number of nitrogens with zero attached hydrogens (tertiary/aromatic N) is 1. The van der Waals surface area contributed by atoms with Crippen molar-refractivity contribution in [2.24, 2.45) is 45.3 Å². The maximum absolute atomic E-state index is 12.8. The van der Waals surface area contributed by atoms with Crippen molar-refractivity contribution < 1.29 is 29.2 Å². The fraction of sp³-hybridized carbons (Fsp3) is 0.760. The smallest absolute Gasteiger partial charge is 0.165 e. The summed E-state index contributed by atoms with van der Waals surface area (Å²) in [5, 5.41) is 24.9. The van der Waals surface area contributed by atoms with E-state index in [9.17, 15) is 10.2 Å². The molecular weight excluding hydrogens is 711 g/mol. The van der Waals surface area contributed by atoms with Crippen LogP contribution in [-0.4, -0.2) is 71.9 Å². The molecule has 0 aromatic heterocycles. The lowest BCUT2D eigenvalue weighted by Crippen LogP contribution is -2.71. The summed E-state index contributed by atoms with van der Waals surface area (Å²) < 4.78 is 27.5. The number of rotatable bonds is 9. The lowest BCUT2D eigenvalue weighted by molar-refractivity contribution is -0.222. The second kappa shape index (κ2) is 11.9. The van der Waals surface area contributed by atoms with E-state index in [-0.39, 0.29) is 28.3 Å². The average Bonchev–Trinajstić information content (AvgIpc) is 3.73. The van der Waals surface area contributed by atoms with Crippen LogP contribution in [0.1, 0.15) is 141 Å². The molecule has 7 nitrogen and oxygen atoms in total. The Balaban J connectivity index is 0.919. The minimum absolute atomic E-state index is 0.0751. The van der Waals surface area contributed by atoms with E-state index in [1.165, 1.54) is 73.7 Å². The maximum atomic E-state index is 12.8. The molecule has 6 saturated carbocycles. The van der Waals surface area contributed by atoms with Crippen LogP contribution in [0.15, 0.2) is 24.3 Å². The number of piperidine rings is 1. The van der Waals surface area contributed by atoms with Crippen molar-refractivity contribution in [2.75, 3.05) is 33.4 Å². The summed E-state index contributed by atoms with van der Waals surface area (Å²) in [7, 11) is 1.76. The predicted octanol–water partition coefficient (Wildman–Crippen LogP) is 9.36. The van der Waals surface area contributed by atoms with E-state index >= 15 is 0 Å². The largest absolute Gasteiger partial charge is 0.504 e. The first-order chi connectivity index (χ1) is 27.0. The number of phenols is 1. The van der Waals surface area contributed by atoms with Gasteiger partial charge >= 0.3 is 0 Å². The molecule has 0 radical (unpaired) electrons. The number of aliphatic hydroxyl groups is 1. The number of aryl methyl sites for hydroxylation is 1.